The fraction of sp³-hybridized carbons (Fsp3) is 0.529. The molecule has 0 aliphatic carbocycles. The number of carbonyl (C=O) groups is 1. The second-order valence-corrected chi connectivity index (χ2v) is 7.63. The number of hydrogen-bond acceptors (Lipinski definition) is 3. The smallest absolute Gasteiger partial charge is 0.253 e. The zero-order valence-electron chi connectivity index (χ0n) is 14.2. The van der Waals surface area contributed by atoms with Crippen LogP contribution < -0.4 is 4.80 Å². The van der Waals surface area contributed by atoms with E-state index in [1.807, 2.05) is 20.8 Å². The molecule has 0 spiro atoms. The molecule has 0 saturated heterocycles. The average Bonchev–Trinajstić information content (AvgIpc) is 2.72. The lowest BCUT2D eigenvalue weighted by atomic mass is 9.96. The van der Waals surface area contributed by atoms with Gasteiger partial charge in [-0.1, -0.05) is 38.2 Å². The van der Waals surface area contributed by atoms with Crippen molar-refractivity contribution >= 4 is 27.5 Å². The topological polar surface area (TPSA) is 43.6 Å². The van der Waals surface area contributed by atoms with Gasteiger partial charge in [0, 0.05) is 19.1 Å². The second-order valence-electron chi connectivity index (χ2n) is 6.62. The van der Waals surface area contributed by atoms with E-state index in [1.165, 1.54) is 11.1 Å². The minimum Gasteiger partial charge on any atom is -0.383 e. The van der Waals surface area contributed by atoms with Crippen LogP contribution in [-0.4, -0.2) is 24.2 Å². The maximum absolute atomic E-state index is 12.3. The quantitative estimate of drug-likeness (QED) is 0.869. The molecular formula is C17H24N2O2S. The molecule has 120 valence electrons. The van der Waals surface area contributed by atoms with Crippen LogP contribution in [0.25, 0.3) is 10.2 Å². The Morgan fingerprint density at radius 3 is 2.59 bits per heavy atom. The Morgan fingerprint density at radius 2 is 2.00 bits per heavy atom. The Morgan fingerprint density at radius 1 is 1.32 bits per heavy atom. The molecule has 1 aromatic heterocycles. The number of nitrogens with zero attached hydrogens (tertiary/aromatic N) is 2. The van der Waals surface area contributed by atoms with Gasteiger partial charge in [-0.05, 0) is 31.0 Å². The van der Waals surface area contributed by atoms with Gasteiger partial charge in [-0.3, -0.25) is 4.79 Å². The number of fused-ring (bicyclic) bond motifs is 1. The molecule has 0 saturated carbocycles. The van der Waals surface area contributed by atoms with Crippen molar-refractivity contribution in [3.8, 4) is 0 Å². The normalized spacial score (nSPS) is 13.1. The summed E-state index contributed by atoms with van der Waals surface area (Å²) in [5.41, 5.74) is 3.10. The summed E-state index contributed by atoms with van der Waals surface area (Å²) in [6, 6.07) is 4.31. The van der Waals surface area contributed by atoms with E-state index >= 15 is 0 Å². The number of benzene rings is 1. The highest BCUT2D eigenvalue weighted by atomic mass is 32.1. The molecule has 5 heteroatoms. The molecule has 0 bridgehead atoms. The fourth-order valence-corrected chi connectivity index (χ4v) is 3.55. The summed E-state index contributed by atoms with van der Waals surface area (Å²) in [5, 5.41) is 0. The van der Waals surface area contributed by atoms with Crippen LogP contribution in [0.1, 0.15) is 31.9 Å². The van der Waals surface area contributed by atoms with E-state index in [4.69, 9.17) is 4.74 Å². The van der Waals surface area contributed by atoms with Crippen LogP contribution in [0.4, 0.5) is 0 Å². The lowest BCUT2D eigenvalue weighted by Crippen LogP contribution is -2.24. The summed E-state index contributed by atoms with van der Waals surface area (Å²) in [7, 11) is 1.68. The second kappa shape index (κ2) is 6.34. The predicted molar refractivity (Wildman–Crippen MR) is 91.2 cm³/mol. The maximum Gasteiger partial charge on any atom is 0.253 e. The molecule has 22 heavy (non-hydrogen) atoms. The van der Waals surface area contributed by atoms with Crippen molar-refractivity contribution in [2.75, 3.05) is 13.7 Å². The van der Waals surface area contributed by atoms with E-state index in [1.54, 1.807) is 18.4 Å². The first-order chi connectivity index (χ1) is 10.2. The van der Waals surface area contributed by atoms with Crippen LogP contribution in [-0.2, 0) is 16.1 Å². The van der Waals surface area contributed by atoms with E-state index in [9.17, 15) is 4.79 Å². The highest BCUT2D eigenvalue weighted by Gasteiger charge is 2.21. The largest absolute Gasteiger partial charge is 0.383 e. The van der Waals surface area contributed by atoms with Gasteiger partial charge in [-0.25, -0.2) is 0 Å². The van der Waals surface area contributed by atoms with Gasteiger partial charge in [-0.15, -0.1) is 0 Å². The number of ether oxygens (including phenoxy) is 1. The number of methoxy groups -OCH3 is 1. The lowest BCUT2D eigenvalue weighted by molar-refractivity contribution is -0.125. The Hall–Kier alpha value is -1.46. The van der Waals surface area contributed by atoms with Crippen LogP contribution in [0, 0.1) is 19.3 Å². The SMILES string of the molecule is COCCn1c(=NC(=O)C(C)(C)C)sc2cc(C)cc(C)c21. The zero-order valence-corrected chi connectivity index (χ0v) is 15.0. The van der Waals surface area contributed by atoms with Crippen molar-refractivity contribution in [1.82, 2.24) is 4.57 Å². The van der Waals surface area contributed by atoms with Crippen molar-refractivity contribution < 1.29 is 9.53 Å². The molecule has 4 nitrogen and oxygen atoms in total. The Balaban J connectivity index is 2.70. The zero-order chi connectivity index (χ0) is 16.5. The number of amides is 1. The van der Waals surface area contributed by atoms with Gasteiger partial charge in [0.15, 0.2) is 4.80 Å². The fourth-order valence-electron chi connectivity index (χ4n) is 2.32. The van der Waals surface area contributed by atoms with Gasteiger partial charge in [0.2, 0.25) is 0 Å². The monoisotopic (exact) mass is 320 g/mol. The summed E-state index contributed by atoms with van der Waals surface area (Å²) in [5.74, 6) is -0.0976. The summed E-state index contributed by atoms with van der Waals surface area (Å²) in [6.07, 6.45) is 0. The summed E-state index contributed by atoms with van der Waals surface area (Å²) in [6.45, 7) is 11.1. The number of carbonyl (C=O) groups excluding carboxylic acids is 1. The molecule has 0 aliphatic heterocycles. The first-order valence-electron chi connectivity index (χ1n) is 7.42. The molecule has 1 amide bonds. The van der Waals surface area contributed by atoms with Crippen molar-refractivity contribution in [3.63, 3.8) is 0 Å². The average molecular weight is 320 g/mol. The molecule has 1 aromatic carbocycles. The number of hydrogen-bond donors (Lipinski definition) is 0. The van der Waals surface area contributed by atoms with Crippen molar-refractivity contribution in [2.24, 2.45) is 10.4 Å². The van der Waals surface area contributed by atoms with E-state index < -0.39 is 5.41 Å². The Kier molecular flexibility index (Phi) is 4.87. The first-order valence-corrected chi connectivity index (χ1v) is 8.24. The number of aromatic nitrogens is 1. The minimum atomic E-state index is -0.472. The van der Waals surface area contributed by atoms with E-state index in [0.29, 0.717) is 13.2 Å². The van der Waals surface area contributed by atoms with Crippen molar-refractivity contribution in [2.45, 2.75) is 41.2 Å². The third-order valence-electron chi connectivity index (χ3n) is 3.47. The Labute approximate surface area is 135 Å². The van der Waals surface area contributed by atoms with E-state index in [0.717, 1.165) is 15.0 Å². The number of rotatable bonds is 3. The van der Waals surface area contributed by atoms with Gasteiger partial charge in [0.05, 0.1) is 16.8 Å². The van der Waals surface area contributed by atoms with Crippen LogP contribution in [0.3, 0.4) is 0 Å². The van der Waals surface area contributed by atoms with Gasteiger partial charge in [0.25, 0.3) is 5.91 Å². The highest BCUT2D eigenvalue weighted by molar-refractivity contribution is 7.16. The molecular weight excluding hydrogens is 296 g/mol. The molecule has 0 unspecified atom stereocenters. The number of thiazole rings is 1. The molecule has 0 radical (unpaired) electrons. The Bertz CT molecular complexity index is 763. The van der Waals surface area contributed by atoms with Crippen LogP contribution in [0.15, 0.2) is 17.1 Å². The lowest BCUT2D eigenvalue weighted by Gasteiger charge is -2.12. The highest BCUT2D eigenvalue weighted by Crippen LogP contribution is 2.23. The van der Waals surface area contributed by atoms with E-state index in [-0.39, 0.29) is 5.91 Å². The van der Waals surface area contributed by atoms with Gasteiger partial charge in [-0.2, -0.15) is 4.99 Å². The van der Waals surface area contributed by atoms with E-state index in [2.05, 4.69) is 35.5 Å². The minimum absolute atomic E-state index is 0.0976. The number of aryl methyl sites for hydroxylation is 2. The maximum atomic E-state index is 12.3. The van der Waals surface area contributed by atoms with Gasteiger partial charge >= 0.3 is 0 Å². The predicted octanol–water partition coefficient (Wildman–Crippen LogP) is 3.44. The third kappa shape index (κ3) is 3.47. The van der Waals surface area contributed by atoms with Crippen molar-refractivity contribution in [1.29, 1.82) is 0 Å². The van der Waals surface area contributed by atoms with Crippen LogP contribution in [0.2, 0.25) is 0 Å². The van der Waals surface area contributed by atoms with Gasteiger partial charge < -0.3 is 9.30 Å². The van der Waals surface area contributed by atoms with Crippen molar-refractivity contribution in [3.05, 3.63) is 28.1 Å². The van der Waals surface area contributed by atoms with Crippen LogP contribution in [0.5, 0.6) is 0 Å². The van der Waals surface area contributed by atoms with Crippen LogP contribution >= 0.6 is 11.3 Å². The third-order valence-corrected chi connectivity index (χ3v) is 4.50. The molecule has 1 heterocycles. The molecule has 2 aromatic rings. The molecule has 2 rings (SSSR count). The molecule has 0 N–H and O–H groups in total. The standard InChI is InChI=1S/C17H24N2O2S/c1-11-9-12(2)14-13(10-11)22-16(19(14)7-8-21-6)18-15(20)17(3,4)5/h9-10H,7-8H2,1-6H3. The molecule has 0 aliphatic rings. The summed E-state index contributed by atoms with van der Waals surface area (Å²) < 4.78 is 8.47. The first kappa shape index (κ1) is 16.9. The molecule has 0 fully saturated rings. The summed E-state index contributed by atoms with van der Waals surface area (Å²) >= 11 is 1.57. The summed E-state index contributed by atoms with van der Waals surface area (Å²) in [4.78, 5) is 17.4. The van der Waals surface area contributed by atoms with Gasteiger partial charge in [0.1, 0.15) is 0 Å². The molecule has 0 atom stereocenters.